The maximum absolute atomic E-state index is 12.5. The van der Waals surface area contributed by atoms with E-state index in [1.54, 1.807) is 11.3 Å². The van der Waals surface area contributed by atoms with Crippen LogP contribution in [0.4, 0.5) is 0 Å². The van der Waals surface area contributed by atoms with Crippen LogP contribution in [-0.2, 0) is 12.8 Å². The van der Waals surface area contributed by atoms with Crippen LogP contribution in [0.25, 0.3) is 0 Å². The van der Waals surface area contributed by atoms with Gasteiger partial charge in [0.2, 0.25) is 5.78 Å². The van der Waals surface area contributed by atoms with Crippen LogP contribution >= 0.6 is 11.3 Å². The minimum atomic E-state index is 0.164. The topological polar surface area (TPSA) is 17.1 Å². The number of thiophene rings is 1. The molecule has 1 nitrogen and oxygen atoms in total. The lowest BCUT2D eigenvalue weighted by molar-refractivity contribution is 0.104. The molecule has 0 saturated heterocycles. The van der Waals surface area contributed by atoms with E-state index in [-0.39, 0.29) is 5.78 Å². The number of carbonyl (C=O) groups excluding carboxylic acids is 1. The molecule has 2 aromatic rings. The number of hydrogen-bond acceptors (Lipinski definition) is 2. The standard InChI is InChI=1S/C17H20OS/c1-4-14-8-9-19-17(14)16(18)15-7-5-6-13(11-15)10-12(2)3/h5-9,11-12H,4,10H2,1-3H3. The number of carbonyl (C=O) groups is 1. The van der Waals surface area contributed by atoms with Crippen molar-refractivity contribution in [3.05, 3.63) is 57.3 Å². The zero-order valence-electron chi connectivity index (χ0n) is 11.8. The molecule has 1 aromatic carbocycles. The summed E-state index contributed by atoms with van der Waals surface area (Å²) in [6.45, 7) is 6.49. The van der Waals surface area contributed by atoms with Crippen LogP contribution in [0.1, 0.15) is 47.1 Å². The fourth-order valence-corrected chi connectivity index (χ4v) is 3.21. The van der Waals surface area contributed by atoms with Crippen LogP contribution in [0, 0.1) is 5.92 Å². The van der Waals surface area contributed by atoms with Gasteiger partial charge in [0.15, 0.2) is 0 Å². The molecular weight excluding hydrogens is 252 g/mol. The van der Waals surface area contributed by atoms with E-state index in [0.717, 1.165) is 28.8 Å². The number of benzene rings is 1. The second kappa shape index (κ2) is 6.16. The van der Waals surface area contributed by atoms with Gasteiger partial charge in [-0.15, -0.1) is 11.3 Å². The summed E-state index contributed by atoms with van der Waals surface area (Å²) < 4.78 is 0. The van der Waals surface area contributed by atoms with Crippen molar-refractivity contribution in [3.63, 3.8) is 0 Å². The highest BCUT2D eigenvalue weighted by molar-refractivity contribution is 7.12. The first kappa shape index (κ1) is 14.0. The van der Waals surface area contributed by atoms with Gasteiger partial charge in [0.25, 0.3) is 0 Å². The van der Waals surface area contributed by atoms with Crippen molar-refractivity contribution < 1.29 is 4.79 Å². The molecule has 0 aliphatic rings. The monoisotopic (exact) mass is 272 g/mol. The van der Waals surface area contributed by atoms with E-state index >= 15 is 0 Å². The summed E-state index contributed by atoms with van der Waals surface area (Å²) in [6, 6.07) is 10.1. The fourth-order valence-electron chi connectivity index (χ4n) is 2.26. The molecule has 0 aliphatic carbocycles. The third kappa shape index (κ3) is 3.32. The second-order valence-electron chi connectivity index (χ2n) is 5.26. The van der Waals surface area contributed by atoms with Gasteiger partial charge in [0.05, 0.1) is 4.88 Å². The molecule has 0 unspecified atom stereocenters. The predicted molar refractivity (Wildman–Crippen MR) is 82.1 cm³/mol. The first-order valence-electron chi connectivity index (χ1n) is 6.81. The van der Waals surface area contributed by atoms with Crippen LogP contribution in [0.15, 0.2) is 35.7 Å². The summed E-state index contributed by atoms with van der Waals surface area (Å²) >= 11 is 1.55. The van der Waals surface area contributed by atoms with E-state index in [2.05, 4.69) is 32.9 Å². The first-order chi connectivity index (χ1) is 9.11. The van der Waals surface area contributed by atoms with Crippen LogP contribution in [0.5, 0.6) is 0 Å². The van der Waals surface area contributed by atoms with E-state index in [9.17, 15) is 4.79 Å². The van der Waals surface area contributed by atoms with E-state index in [4.69, 9.17) is 0 Å². The fraction of sp³-hybridized carbons (Fsp3) is 0.353. The molecule has 100 valence electrons. The minimum absolute atomic E-state index is 0.164. The predicted octanol–water partition coefficient (Wildman–Crippen LogP) is 4.74. The molecule has 0 fully saturated rings. The van der Waals surface area contributed by atoms with Gasteiger partial charge in [-0.3, -0.25) is 4.79 Å². The van der Waals surface area contributed by atoms with Gasteiger partial charge in [-0.05, 0) is 47.4 Å². The van der Waals surface area contributed by atoms with E-state index in [1.165, 1.54) is 5.56 Å². The highest BCUT2D eigenvalue weighted by Crippen LogP contribution is 2.22. The maximum Gasteiger partial charge on any atom is 0.203 e. The van der Waals surface area contributed by atoms with Crippen LogP contribution in [0.2, 0.25) is 0 Å². The zero-order valence-corrected chi connectivity index (χ0v) is 12.6. The summed E-state index contributed by atoms with van der Waals surface area (Å²) in [5.41, 5.74) is 3.22. The van der Waals surface area contributed by atoms with Gasteiger partial charge in [0, 0.05) is 5.56 Å². The normalized spacial score (nSPS) is 10.9. The molecule has 0 saturated carbocycles. The lowest BCUT2D eigenvalue weighted by Crippen LogP contribution is -2.03. The summed E-state index contributed by atoms with van der Waals surface area (Å²) in [5, 5.41) is 2.00. The van der Waals surface area contributed by atoms with Gasteiger partial charge in [0.1, 0.15) is 0 Å². The Morgan fingerprint density at radius 1 is 1.26 bits per heavy atom. The van der Waals surface area contributed by atoms with Gasteiger partial charge < -0.3 is 0 Å². The molecule has 0 aliphatic heterocycles. The Balaban J connectivity index is 2.29. The Kier molecular flexibility index (Phi) is 4.54. The minimum Gasteiger partial charge on any atom is -0.288 e. The molecular formula is C17H20OS. The Hall–Kier alpha value is -1.41. The molecule has 0 spiro atoms. The quantitative estimate of drug-likeness (QED) is 0.718. The van der Waals surface area contributed by atoms with Gasteiger partial charge >= 0.3 is 0 Å². The average molecular weight is 272 g/mol. The molecule has 19 heavy (non-hydrogen) atoms. The summed E-state index contributed by atoms with van der Waals surface area (Å²) in [4.78, 5) is 13.4. The zero-order chi connectivity index (χ0) is 13.8. The highest BCUT2D eigenvalue weighted by atomic mass is 32.1. The molecule has 0 amide bonds. The smallest absolute Gasteiger partial charge is 0.203 e. The number of rotatable bonds is 5. The van der Waals surface area contributed by atoms with Crippen molar-refractivity contribution in [1.29, 1.82) is 0 Å². The Bertz CT molecular complexity index is 566. The van der Waals surface area contributed by atoms with Gasteiger partial charge in [-0.2, -0.15) is 0 Å². The second-order valence-corrected chi connectivity index (χ2v) is 6.17. The first-order valence-corrected chi connectivity index (χ1v) is 7.69. The Morgan fingerprint density at radius 3 is 2.74 bits per heavy atom. The van der Waals surface area contributed by atoms with E-state index in [1.807, 2.05) is 23.6 Å². The van der Waals surface area contributed by atoms with Crippen LogP contribution < -0.4 is 0 Å². The summed E-state index contributed by atoms with van der Waals surface area (Å²) in [6.07, 6.45) is 1.93. The number of hydrogen-bond donors (Lipinski definition) is 0. The number of ketones is 1. The number of aryl methyl sites for hydroxylation is 1. The molecule has 0 bridgehead atoms. The highest BCUT2D eigenvalue weighted by Gasteiger charge is 2.14. The lowest BCUT2D eigenvalue weighted by atomic mass is 9.98. The van der Waals surface area contributed by atoms with Crippen LogP contribution in [-0.4, -0.2) is 5.78 Å². The summed E-state index contributed by atoms with van der Waals surface area (Å²) in [7, 11) is 0. The third-order valence-electron chi connectivity index (χ3n) is 3.17. The Labute approximate surface area is 119 Å². The molecule has 1 aromatic heterocycles. The van der Waals surface area contributed by atoms with Crippen molar-refractivity contribution in [2.45, 2.75) is 33.6 Å². The van der Waals surface area contributed by atoms with Crippen molar-refractivity contribution in [2.24, 2.45) is 5.92 Å². The van der Waals surface area contributed by atoms with Crippen molar-refractivity contribution >= 4 is 17.1 Å². The van der Waals surface area contributed by atoms with Gasteiger partial charge in [-0.25, -0.2) is 0 Å². The van der Waals surface area contributed by atoms with E-state index in [0.29, 0.717) is 5.92 Å². The van der Waals surface area contributed by atoms with Crippen molar-refractivity contribution in [2.75, 3.05) is 0 Å². The summed E-state index contributed by atoms with van der Waals surface area (Å²) in [5.74, 6) is 0.774. The molecule has 2 heteroatoms. The Morgan fingerprint density at radius 2 is 2.05 bits per heavy atom. The van der Waals surface area contributed by atoms with Gasteiger partial charge in [-0.1, -0.05) is 39.0 Å². The molecule has 0 radical (unpaired) electrons. The largest absolute Gasteiger partial charge is 0.288 e. The van der Waals surface area contributed by atoms with E-state index < -0.39 is 0 Å². The lowest BCUT2D eigenvalue weighted by Gasteiger charge is -2.07. The molecule has 1 heterocycles. The molecule has 2 rings (SSSR count). The molecule has 0 N–H and O–H groups in total. The average Bonchev–Trinajstić information content (AvgIpc) is 2.85. The van der Waals surface area contributed by atoms with Crippen LogP contribution in [0.3, 0.4) is 0 Å². The SMILES string of the molecule is CCc1ccsc1C(=O)c1cccc(CC(C)C)c1. The third-order valence-corrected chi connectivity index (χ3v) is 4.12. The maximum atomic E-state index is 12.5. The molecule has 0 atom stereocenters. The van der Waals surface area contributed by atoms with Crippen molar-refractivity contribution in [1.82, 2.24) is 0 Å². The van der Waals surface area contributed by atoms with Crippen molar-refractivity contribution in [3.8, 4) is 0 Å².